The Hall–Kier alpha value is -2.03. The Morgan fingerprint density at radius 1 is 1.19 bits per heavy atom. The number of aromatic nitrogens is 4. The summed E-state index contributed by atoms with van der Waals surface area (Å²) in [6, 6.07) is 4.43. The Labute approximate surface area is 160 Å². The van der Waals surface area contributed by atoms with E-state index in [1.165, 1.54) is 5.69 Å². The Balaban J connectivity index is 1.39. The Morgan fingerprint density at radius 3 is 2.67 bits per heavy atom. The van der Waals surface area contributed by atoms with Crippen LogP contribution in [0.2, 0.25) is 0 Å². The second-order valence-corrected chi connectivity index (χ2v) is 7.52. The predicted octanol–water partition coefficient (Wildman–Crippen LogP) is 0.846. The number of ether oxygens (including phenoxy) is 1. The number of nitrogens with two attached hydrogens (primary N) is 1. The molecule has 0 atom stereocenters. The van der Waals surface area contributed by atoms with E-state index >= 15 is 0 Å². The summed E-state index contributed by atoms with van der Waals surface area (Å²) >= 11 is 0. The predicted molar refractivity (Wildman–Crippen MR) is 104 cm³/mol. The van der Waals surface area contributed by atoms with E-state index in [1.54, 1.807) is 7.11 Å². The normalized spacial score (nSPS) is 23.4. The number of hydrogen-bond donors (Lipinski definition) is 1. The van der Waals surface area contributed by atoms with E-state index in [1.807, 2.05) is 18.5 Å². The SMILES string of the molecule is COCCn1c(CN2CCN(c3cccnc3)CC2)nnc1C1CC(N)C1. The minimum absolute atomic E-state index is 0.312. The van der Waals surface area contributed by atoms with Crippen LogP contribution in [-0.2, 0) is 17.8 Å². The number of pyridine rings is 1. The van der Waals surface area contributed by atoms with Crippen LogP contribution in [0, 0.1) is 0 Å². The maximum absolute atomic E-state index is 5.97. The van der Waals surface area contributed by atoms with E-state index in [-0.39, 0.29) is 0 Å². The highest BCUT2D eigenvalue weighted by Gasteiger charge is 2.32. The largest absolute Gasteiger partial charge is 0.383 e. The molecule has 146 valence electrons. The fraction of sp³-hybridized carbons (Fsp3) is 0.632. The van der Waals surface area contributed by atoms with Gasteiger partial charge in [0.15, 0.2) is 0 Å². The van der Waals surface area contributed by atoms with Crippen LogP contribution in [0.3, 0.4) is 0 Å². The van der Waals surface area contributed by atoms with Crippen LogP contribution < -0.4 is 10.6 Å². The Kier molecular flexibility index (Phi) is 5.66. The average molecular weight is 371 g/mol. The maximum Gasteiger partial charge on any atom is 0.147 e. The zero-order chi connectivity index (χ0) is 18.6. The fourth-order valence-electron chi connectivity index (χ4n) is 3.97. The minimum Gasteiger partial charge on any atom is -0.383 e. The van der Waals surface area contributed by atoms with Gasteiger partial charge in [-0.15, -0.1) is 10.2 Å². The molecule has 0 amide bonds. The quantitative estimate of drug-likeness (QED) is 0.772. The van der Waals surface area contributed by atoms with Gasteiger partial charge in [0.25, 0.3) is 0 Å². The van der Waals surface area contributed by atoms with Gasteiger partial charge in [0.1, 0.15) is 11.6 Å². The molecule has 2 aliphatic rings. The van der Waals surface area contributed by atoms with Crippen LogP contribution >= 0.6 is 0 Å². The fourth-order valence-corrected chi connectivity index (χ4v) is 3.97. The van der Waals surface area contributed by atoms with Crippen LogP contribution in [0.5, 0.6) is 0 Å². The van der Waals surface area contributed by atoms with Gasteiger partial charge in [0.2, 0.25) is 0 Å². The second kappa shape index (κ2) is 8.33. The summed E-state index contributed by atoms with van der Waals surface area (Å²) in [5.41, 5.74) is 7.17. The van der Waals surface area contributed by atoms with Crippen LogP contribution in [0.15, 0.2) is 24.5 Å². The van der Waals surface area contributed by atoms with E-state index < -0.39 is 0 Å². The summed E-state index contributed by atoms with van der Waals surface area (Å²) in [4.78, 5) is 9.07. The van der Waals surface area contributed by atoms with E-state index in [0.29, 0.717) is 18.6 Å². The molecule has 1 aliphatic carbocycles. The van der Waals surface area contributed by atoms with Crippen molar-refractivity contribution >= 4 is 5.69 Å². The van der Waals surface area contributed by atoms with Crippen molar-refractivity contribution in [3.05, 3.63) is 36.2 Å². The number of anilines is 1. The first kappa shape index (κ1) is 18.3. The van der Waals surface area contributed by atoms with Crippen LogP contribution in [-0.4, -0.2) is 70.6 Å². The molecule has 4 rings (SSSR count). The molecular formula is C19H29N7O. The summed E-state index contributed by atoms with van der Waals surface area (Å²) in [5.74, 6) is 2.57. The van der Waals surface area contributed by atoms with Gasteiger partial charge in [0, 0.05) is 58.0 Å². The third-order valence-corrected chi connectivity index (χ3v) is 5.66. The summed E-state index contributed by atoms with van der Waals surface area (Å²) in [7, 11) is 1.74. The lowest BCUT2D eigenvalue weighted by Gasteiger charge is -2.36. The monoisotopic (exact) mass is 371 g/mol. The zero-order valence-corrected chi connectivity index (χ0v) is 16.0. The smallest absolute Gasteiger partial charge is 0.147 e. The summed E-state index contributed by atoms with van der Waals surface area (Å²) in [6.45, 7) is 6.33. The molecule has 0 aromatic carbocycles. The van der Waals surface area contributed by atoms with Crippen molar-refractivity contribution in [1.29, 1.82) is 0 Å². The number of piperazine rings is 1. The minimum atomic E-state index is 0.312. The van der Waals surface area contributed by atoms with Crippen LogP contribution in [0.4, 0.5) is 5.69 Å². The lowest BCUT2D eigenvalue weighted by atomic mass is 9.80. The van der Waals surface area contributed by atoms with E-state index in [0.717, 1.165) is 63.8 Å². The highest BCUT2D eigenvalue weighted by atomic mass is 16.5. The van der Waals surface area contributed by atoms with E-state index in [9.17, 15) is 0 Å². The molecule has 0 unspecified atom stereocenters. The molecule has 2 aromatic heterocycles. The van der Waals surface area contributed by atoms with Crippen molar-refractivity contribution in [3.63, 3.8) is 0 Å². The highest BCUT2D eigenvalue weighted by molar-refractivity contribution is 5.44. The first-order valence-electron chi connectivity index (χ1n) is 9.78. The van der Waals surface area contributed by atoms with Gasteiger partial charge in [-0.05, 0) is 25.0 Å². The first-order valence-corrected chi connectivity index (χ1v) is 9.78. The van der Waals surface area contributed by atoms with Gasteiger partial charge in [-0.1, -0.05) is 0 Å². The molecule has 0 bridgehead atoms. The van der Waals surface area contributed by atoms with Gasteiger partial charge < -0.3 is 19.9 Å². The summed E-state index contributed by atoms with van der Waals surface area (Å²) in [5, 5.41) is 9.03. The molecule has 27 heavy (non-hydrogen) atoms. The van der Waals surface area contributed by atoms with Crippen LogP contribution in [0.1, 0.15) is 30.4 Å². The Morgan fingerprint density at radius 2 is 2.00 bits per heavy atom. The molecule has 8 nitrogen and oxygen atoms in total. The lowest BCUT2D eigenvalue weighted by Crippen LogP contribution is -2.46. The highest BCUT2D eigenvalue weighted by Crippen LogP contribution is 2.35. The average Bonchev–Trinajstić information content (AvgIpc) is 3.07. The van der Waals surface area contributed by atoms with Crippen molar-refractivity contribution in [2.24, 2.45) is 5.73 Å². The van der Waals surface area contributed by atoms with Gasteiger partial charge in [-0.25, -0.2) is 0 Å². The van der Waals surface area contributed by atoms with E-state index in [4.69, 9.17) is 10.5 Å². The topological polar surface area (TPSA) is 85.3 Å². The number of nitrogens with zero attached hydrogens (tertiary/aromatic N) is 6. The van der Waals surface area contributed by atoms with E-state index in [2.05, 4.69) is 35.6 Å². The van der Waals surface area contributed by atoms with Crippen molar-refractivity contribution in [2.45, 2.75) is 37.9 Å². The molecule has 1 saturated heterocycles. The molecule has 0 spiro atoms. The molecule has 1 aliphatic heterocycles. The van der Waals surface area contributed by atoms with Crippen molar-refractivity contribution in [1.82, 2.24) is 24.6 Å². The van der Waals surface area contributed by atoms with Crippen molar-refractivity contribution in [3.8, 4) is 0 Å². The molecule has 0 radical (unpaired) electrons. The number of methoxy groups -OCH3 is 1. The third kappa shape index (κ3) is 4.12. The lowest BCUT2D eigenvalue weighted by molar-refractivity contribution is 0.179. The molecule has 1 saturated carbocycles. The first-order chi connectivity index (χ1) is 13.2. The van der Waals surface area contributed by atoms with Crippen molar-refractivity contribution in [2.75, 3.05) is 44.8 Å². The van der Waals surface area contributed by atoms with Crippen molar-refractivity contribution < 1.29 is 4.74 Å². The molecule has 2 aromatic rings. The number of hydrogen-bond acceptors (Lipinski definition) is 7. The van der Waals surface area contributed by atoms with Gasteiger partial charge >= 0.3 is 0 Å². The standard InChI is InChI=1S/C19H29N7O/c1-27-10-9-26-18(22-23-19(26)15-11-16(20)12-15)14-24-5-7-25(8-6-24)17-3-2-4-21-13-17/h2-4,13,15-16H,5-12,14,20H2,1H3. The molecular weight excluding hydrogens is 342 g/mol. The van der Waals surface area contributed by atoms with Gasteiger partial charge in [-0.2, -0.15) is 0 Å². The maximum atomic E-state index is 5.97. The zero-order valence-electron chi connectivity index (χ0n) is 16.0. The molecule has 2 fully saturated rings. The number of rotatable bonds is 7. The summed E-state index contributed by atoms with van der Waals surface area (Å²) in [6.07, 6.45) is 5.77. The second-order valence-electron chi connectivity index (χ2n) is 7.52. The Bertz CT molecular complexity index is 721. The summed E-state index contributed by atoms with van der Waals surface area (Å²) < 4.78 is 7.56. The van der Waals surface area contributed by atoms with Gasteiger partial charge in [0.05, 0.1) is 25.0 Å². The molecule has 3 heterocycles. The van der Waals surface area contributed by atoms with Crippen LogP contribution in [0.25, 0.3) is 0 Å². The van der Waals surface area contributed by atoms with Gasteiger partial charge in [-0.3, -0.25) is 9.88 Å². The molecule has 8 heteroatoms. The third-order valence-electron chi connectivity index (χ3n) is 5.66. The molecule has 2 N–H and O–H groups in total.